The molecule has 7 nitrogen and oxygen atoms in total. The van der Waals surface area contributed by atoms with E-state index in [1.54, 1.807) is 41.3 Å². The molecule has 0 unspecified atom stereocenters. The Morgan fingerprint density at radius 3 is 2.33 bits per heavy atom. The van der Waals surface area contributed by atoms with Crippen LogP contribution in [0.1, 0.15) is 18.4 Å². The Morgan fingerprint density at radius 2 is 1.77 bits per heavy atom. The van der Waals surface area contributed by atoms with E-state index >= 15 is 0 Å². The summed E-state index contributed by atoms with van der Waals surface area (Å²) in [6.07, 6.45) is 0.950. The van der Waals surface area contributed by atoms with Crippen molar-refractivity contribution in [3.05, 3.63) is 59.1 Å². The van der Waals surface area contributed by atoms with E-state index < -0.39 is 10.0 Å². The van der Waals surface area contributed by atoms with Gasteiger partial charge in [0, 0.05) is 24.0 Å². The number of rotatable bonds is 6. The first kappa shape index (κ1) is 22.1. The molecule has 0 atom stereocenters. The molecule has 1 fully saturated rings. The van der Waals surface area contributed by atoms with Crippen LogP contribution in [0.5, 0.6) is 0 Å². The number of aryl methyl sites for hydroxylation is 1. The van der Waals surface area contributed by atoms with E-state index in [1.807, 2.05) is 6.92 Å². The van der Waals surface area contributed by atoms with E-state index in [-0.39, 0.29) is 29.2 Å². The average Bonchev–Trinajstić information content (AvgIpc) is 2.74. The zero-order chi connectivity index (χ0) is 21.9. The third kappa shape index (κ3) is 4.76. The molecule has 0 bridgehead atoms. The van der Waals surface area contributed by atoms with Crippen LogP contribution in [0, 0.1) is 12.8 Å². The number of piperidine rings is 1. The molecule has 0 radical (unpaired) electrons. The Bertz CT molecular complexity index is 1040. The van der Waals surface area contributed by atoms with Gasteiger partial charge >= 0.3 is 0 Å². The second-order valence-corrected chi connectivity index (χ2v) is 9.59. The summed E-state index contributed by atoms with van der Waals surface area (Å²) in [5.41, 5.74) is 6.47. The number of amides is 2. The maximum Gasteiger partial charge on any atom is 0.264 e. The third-order valence-electron chi connectivity index (χ3n) is 5.30. The summed E-state index contributed by atoms with van der Waals surface area (Å²) in [6, 6.07) is 12.8. The molecule has 2 N–H and O–H groups in total. The molecular weight excluding hydrogens is 426 g/mol. The second kappa shape index (κ2) is 9.06. The van der Waals surface area contributed by atoms with E-state index in [4.69, 9.17) is 17.3 Å². The summed E-state index contributed by atoms with van der Waals surface area (Å²) in [6.45, 7) is 2.18. The first-order chi connectivity index (χ1) is 14.2. The van der Waals surface area contributed by atoms with E-state index in [2.05, 4.69) is 0 Å². The highest BCUT2D eigenvalue weighted by Gasteiger charge is 2.31. The summed E-state index contributed by atoms with van der Waals surface area (Å²) < 4.78 is 27.8. The molecule has 2 aromatic rings. The lowest BCUT2D eigenvalue weighted by atomic mass is 9.96. The van der Waals surface area contributed by atoms with Crippen LogP contribution in [0.2, 0.25) is 5.02 Å². The van der Waals surface area contributed by atoms with Gasteiger partial charge in [0.05, 0.1) is 10.6 Å². The molecule has 2 amide bonds. The SMILES string of the molecule is Cc1ccc(N(CC(=O)N2CCC(C(N)=O)CC2)S(=O)(=O)c2ccccc2)cc1Cl. The van der Waals surface area contributed by atoms with Gasteiger partial charge in [-0.25, -0.2) is 8.42 Å². The zero-order valence-corrected chi connectivity index (χ0v) is 18.2. The number of hydrogen-bond donors (Lipinski definition) is 1. The van der Waals surface area contributed by atoms with Crippen molar-refractivity contribution >= 4 is 39.1 Å². The van der Waals surface area contributed by atoms with Gasteiger partial charge in [-0.05, 0) is 49.6 Å². The Balaban J connectivity index is 1.89. The minimum Gasteiger partial charge on any atom is -0.369 e. The van der Waals surface area contributed by atoms with Crippen LogP contribution in [-0.2, 0) is 19.6 Å². The van der Waals surface area contributed by atoms with Crippen LogP contribution in [-0.4, -0.2) is 44.8 Å². The number of carbonyl (C=O) groups excluding carboxylic acids is 2. The summed E-state index contributed by atoms with van der Waals surface area (Å²) in [5.74, 6) is -0.965. The largest absolute Gasteiger partial charge is 0.369 e. The number of primary amides is 1. The molecule has 2 aromatic carbocycles. The van der Waals surface area contributed by atoms with Crippen molar-refractivity contribution in [2.45, 2.75) is 24.7 Å². The zero-order valence-electron chi connectivity index (χ0n) is 16.6. The molecule has 0 aliphatic carbocycles. The predicted octanol–water partition coefficient (Wildman–Crippen LogP) is 2.57. The van der Waals surface area contributed by atoms with Crippen LogP contribution in [0.25, 0.3) is 0 Å². The molecule has 1 saturated heterocycles. The van der Waals surface area contributed by atoms with E-state index in [0.717, 1.165) is 9.87 Å². The molecule has 1 heterocycles. The maximum absolute atomic E-state index is 13.3. The van der Waals surface area contributed by atoms with Gasteiger partial charge in [0.25, 0.3) is 10.0 Å². The van der Waals surface area contributed by atoms with Gasteiger partial charge < -0.3 is 10.6 Å². The minimum absolute atomic E-state index is 0.0851. The molecule has 1 aliphatic heterocycles. The van der Waals surface area contributed by atoms with Crippen molar-refractivity contribution in [3.8, 4) is 0 Å². The lowest BCUT2D eigenvalue weighted by Gasteiger charge is -2.33. The van der Waals surface area contributed by atoms with Crippen molar-refractivity contribution < 1.29 is 18.0 Å². The molecule has 1 aliphatic rings. The lowest BCUT2D eigenvalue weighted by Crippen LogP contribution is -2.47. The molecule has 0 spiro atoms. The first-order valence-electron chi connectivity index (χ1n) is 9.61. The summed E-state index contributed by atoms with van der Waals surface area (Å²) in [4.78, 5) is 26.0. The Kier molecular flexibility index (Phi) is 6.67. The van der Waals surface area contributed by atoms with Crippen molar-refractivity contribution in [2.24, 2.45) is 11.7 Å². The van der Waals surface area contributed by atoms with E-state index in [0.29, 0.717) is 36.6 Å². The molecule has 0 saturated carbocycles. The molecule has 30 heavy (non-hydrogen) atoms. The summed E-state index contributed by atoms with van der Waals surface area (Å²) in [5, 5.41) is 0.412. The monoisotopic (exact) mass is 449 g/mol. The van der Waals surface area contributed by atoms with Crippen LogP contribution < -0.4 is 10.0 Å². The van der Waals surface area contributed by atoms with Gasteiger partial charge in [0.2, 0.25) is 11.8 Å². The second-order valence-electron chi connectivity index (χ2n) is 7.32. The van der Waals surface area contributed by atoms with Crippen molar-refractivity contribution in [1.82, 2.24) is 4.90 Å². The summed E-state index contributed by atoms with van der Waals surface area (Å²) >= 11 is 6.22. The standard InChI is InChI=1S/C21H24ClN3O4S/c1-15-7-8-17(13-19(15)22)25(30(28,29)18-5-3-2-4-6-18)14-20(26)24-11-9-16(10-12-24)21(23)27/h2-8,13,16H,9-12,14H2,1H3,(H2,23,27). The van der Waals surface area contributed by atoms with Crippen molar-refractivity contribution in [2.75, 3.05) is 23.9 Å². The number of benzene rings is 2. The van der Waals surface area contributed by atoms with Gasteiger partial charge in [-0.1, -0.05) is 35.9 Å². The fraction of sp³-hybridized carbons (Fsp3) is 0.333. The number of anilines is 1. The molecular formula is C21H24ClN3O4S. The first-order valence-corrected chi connectivity index (χ1v) is 11.4. The number of carbonyl (C=O) groups is 2. The van der Waals surface area contributed by atoms with Crippen LogP contribution in [0.15, 0.2) is 53.4 Å². The quantitative estimate of drug-likeness (QED) is 0.732. The number of hydrogen-bond acceptors (Lipinski definition) is 4. The number of nitrogens with zero attached hydrogens (tertiary/aromatic N) is 2. The number of halogens is 1. The number of nitrogens with two attached hydrogens (primary N) is 1. The Morgan fingerprint density at radius 1 is 1.13 bits per heavy atom. The normalized spacial score (nSPS) is 15.1. The smallest absolute Gasteiger partial charge is 0.264 e. The minimum atomic E-state index is -3.99. The third-order valence-corrected chi connectivity index (χ3v) is 7.50. The highest BCUT2D eigenvalue weighted by Crippen LogP contribution is 2.28. The molecule has 160 valence electrons. The number of sulfonamides is 1. The molecule has 0 aromatic heterocycles. The van der Waals surface area contributed by atoms with Gasteiger partial charge in [-0.2, -0.15) is 0 Å². The van der Waals surface area contributed by atoms with Crippen molar-refractivity contribution in [3.63, 3.8) is 0 Å². The highest BCUT2D eigenvalue weighted by molar-refractivity contribution is 7.92. The molecule has 9 heteroatoms. The molecule has 3 rings (SSSR count). The van der Waals surface area contributed by atoms with Gasteiger partial charge in [-0.3, -0.25) is 13.9 Å². The lowest BCUT2D eigenvalue weighted by molar-refractivity contribution is -0.133. The van der Waals surface area contributed by atoms with Crippen LogP contribution in [0.4, 0.5) is 5.69 Å². The topological polar surface area (TPSA) is 101 Å². The Labute approximate surface area is 181 Å². The fourth-order valence-corrected chi connectivity index (χ4v) is 5.01. The maximum atomic E-state index is 13.3. The average molecular weight is 450 g/mol. The van der Waals surface area contributed by atoms with Crippen LogP contribution >= 0.6 is 11.6 Å². The van der Waals surface area contributed by atoms with E-state index in [1.165, 1.54) is 12.1 Å². The number of likely N-dealkylation sites (tertiary alicyclic amines) is 1. The van der Waals surface area contributed by atoms with E-state index in [9.17, 15) is 18.0 Å². The van der Waals surface area contributed by atoms with Crippen molar-refractivity contribution in [1.29, 1.82) is 0 Å². The summed E-state index contributed by atoms with van der Waals surface area (Å²) in [7, 11) is -3.99. The van der Waals surface area contributed by atoms with Gasteiger partial charge in [-0.15, -0.1) is 0 Å². The van der Waals surface area contributed by atoms with Gasteiger partial charge in [0.15, 0.2) is 0 Å². The highest BCUT2D eigenvalue weighted by atomic mass is 35.5. The van der Waals surface area contributed by atoms with Crippen LogP contribution in [0.3, 0.4) is 0 Å². The predicted molar refractivity (Wildman–Crippen MR) is 116 cm³/mol. The Hall–Kier alpha value is -2.58. The fourth-order valence-electron chi connectivity index (χ4n) is 3.41. The van der Waals surface area contributed by atoms with Gasteiger partial charge in [0.1, 0.15) is 6.54 Å².